The molecule has 0 bridgehead atoms. The molecule has 106 valence electrons. The second-order valence-corrected chi connectivity index (χ2v) is 6.64. The molecule has 21 heavy (non-hydrogen) atoms. The molecule has 1 aliphatic rings. The first-order valence-electron chi connectivity index (χ1n) is 7.41. The summed E-state index contributed by atoms with van der Waals surface area (Å²) in [5.41, 5.74) is 4.00. The Kier molecular flexibility index (Phi) is 3.45. The number of fused-ring (bicyclic) bond motifs is 2. The number of aromatic amines is 1. The highest BCUT2D eigenvalue weighted by molar-refractivity contribution is 7.99. The summed E-state index contributed by atoms with van der Waals surface area (Å²) in [5, 5.41) is 5.00. The highest BCUT2D eigenvalue weighted by Crippen LogP contribution is 2.35. The zero-order valence-corrected chi connectivity index (χ0v) is 12.6. The molecule has 4 rings (SSSR count). The Hall–Kier alpha value is -1.71. The molecule has 0 radical (unpaired) electrons. The fourth-order valence-corrected chi connectivity index (χ4v) is 4.13. The second-order valence-electron chi connectivity index (χ2n) is 5.51. The van der Waals surface area contributed by atoms with Crippen molar-refractivity contribution >= 4 is 22.7 Å². The molecule has 0 saturated carbocycles. The smallest absolute Gasteiger partial charge is 0.0457 e. The van der Waals surface area contributed by atoms with Gasteiger partial charge < -0.3 is 10.3 Å². The summed E-state index contributed by atoms with van der Waals surface area (Å²) in [7, 11) is 0. The van der Waals surface area contributed by atoms with E-state index in [-0.39, 0.29) is 0 Å². The van der Waals surface area contributed by atoms with Gasteiger partial charge in [-0.15, -0.1) is 11.8 Å². The second kappa shape index (κ2) is 5.58. The number of hydrogen-bond acceptors (Lipinski definition) is 2. The summed E-state index contributed by atoms with van der Waals surface area (Å²) in [5.74, 6) is 1.20. The van der Waals surface area contributed by atoms with E-state index in [0.29, 0.717) is 6.04 Å². The first-order chi connectivity index (χ1) is 10.4. The fourth-order valence-electron chi connectivity index (χ4n) is 3.00. The Morgan fingerprint density at radius 1 is 1.14 bits per heavy atom. The lowest BCUT2D eigenvalue weighted by atomic mass is 10.0. The van der Waals surface area contributed by atoms with Gasteiger partial charge in [0, 0.05) is 29.2 Å². The van der Waals surface area contributed by atoms with Gasteiger partial charge in [-0.1, -0.05) is 30.3 Å². The average molecular weight is 294 g/mol. The number of hydrogen-bond donors (Lipinski definition) is 2. The Morgan fingerprint density at radius 2 is 2.10 bits per heavy atom. The molecule has 1 unspecified atom stereocenters. The summed E-state index contributed by atoms with van der Waals surface area (Å²) in [6.45, 7) is 0.915. The van der Waals surface area contributed by atoms with Crippen molar-refractivity contribution in [3.05, 3.63) is 65.9 Å². The molecule has 0 aliphatic carbocycles. The highest BCUT2D eigenvalue weighted by atomic mass is 32.2. The number of thioether (sulfide) groups is 1. The molecule has 3 aromatic rings. The van der Waals surface area contributed by atoms with E-state index in [1.165, 1.54) is 39.1 Å². The summed E-state index contributed by atoms with van der Waals surface area (Å²) in [4.78, 5) is 4.71. The van der Waals surface area contributed by atoms with Gasteiger partial charge in [0.2, 0.25) is 0 Å². The van der Waals surface area contributed by atoms with Gasteiger partial charge in [-0.2, -0.15) is 0 Å². The van der Waals surface area contributed by atoms with Crippen molar-refractivity contribution < 1.29 is 0 Å². The predicted molar refractivity (Wildman–Crippen MR) is 89.7 cm³/mol. The molecular formula is C18H18N2S. The van der Waals surface area contributed by atoms with Crippen LogP contribution in [0.25, 0.3) is 10.9 Å². The maximum atomic E-state index is 3.72. The molecule has 0 amide bonds. The molecule has 1 aromatic heterocycles. The van der Waals surface area contributed by atoms with E-state index in [9.17, 15) is 0 Å². The van der Waals surface area contributed by atoms with Gasteiger partial charge in [0.05, 0.1) is 0 Å². The fraction of sp³-hybridized carbons (Fsp3) is 0.222. The summed E-state index contributed by atoms with van der Waals surface area (Å²) >= 11 is 1.97. The van der Waals surface area contributed by atoms with Crippen molar-refractivity contribution in [3.63, 3.8) is 0 Å². The van der Waals surface area contributed by atoms with Crippen LogP contribution in [0.2, 0.25) is 0 Å². The minimum absolute atomic E-state index is 0.474. The van der Waals surface area contributed by atoms with Gasteiger partial charge in [-0.3, -0.25) is 0 Å². The van der Waals surface area contributed by atoms with Crippen molar-refractivity contribution in [2.24, 2.45) is 0 Å². The summed E-state index contributed by atoms with van der Waals surface area (Å²) in [6, 6.07) is 18.0. The van der Waals surface area contributed by atoms with Gasteiger partial charge in [0.25, 0.3) is 0 Å². The maximum Gasteiger partial charge on any atom is 0.0457 e. The first-order valence-corrected chi connectivity index (χ1v) is 8.40. The van der Waals surface area contributed by atoms with Gasteiger partial charge in [0.15, 0.2) is 0 Å². The molecule has 1 atom stereocenters. The van der Waals surface area contributed by atoms with Gasteiger partial charge in [-0.05, 0) is 46.9 Å². The Labute approximate surface area is 129 Å². The third-order valence-corrected chi connectivity index (χ3v) is 5.25. The van der Waals surface area contributed by atoms with Crippen LogP contribution < -0.4 is 5.32 Å². The van der Waals surface area contributed by atoms with Crippen molar-refractivity contribution in [1.82, 2.24) is 10.3 Å². The van der Waals surface area contributed by atoms with Crippen LogP contribution in [0, 0.1) is 0 Å². The molecule has 1 aliphatic heterocycles. The standard InChI is InChI=1S/C18H18N2S/c1-2-4-18-15(3-1)16(8-10-21-18)20-12-13-5-6-14-7-9-19-17(14)11-13/h1-7,9,11,16,19-20H,8,10,12H2. The molecule has 2 N–H and O–H groups in total. The average Bonchev–Trinajstić information content (AvgIpc) is 3.00. The molecule has 3 heteroatoms. The van der Waals surface area contributed by atoms with Gasteiger partial charge in [0.1, 0.15) is 0 Å². The third-order valence-electron chi connectivity index (χ3n) is 4.13. The Balaban J connectivity index is 1.52. The van der Waals surface area contributed by atoms with E-state index < -0.39 is 0 Å². The van der Waals surface area contributed by atoms with Crippen LogP contribution in [-0.4, -0.2) is 10.7 Å². The van der Waals surface area contributed by atoms with Crippen LogP contribution in [-0.2, 0) is 6.54 Å². The third kappa shape index (κ3) is 2.59. The van der Waals surface area contributed by atoms with E-state index >= 15 is 0 Å². The molecule has 2 heterocycles. The van der Waals surface area contributed by atoms with Crippen LogP contribution in [0.5, 0.6) is 0 Å². The SMILES string of the molecule is c1ccc2c(c1)SCCC2NCc1ccc2cc[nH]c2c1. The highest BCUT2D eigenvalue weighted by Gasteiger charge is 2.19. The number of rotatable bonds is 3. The molecule has 0 fully saturated rings. The quantitative estimate of drug-likeness (QED) is 0.744. The van der Waals surface area contributed by atoms with E-state index in [0.717, 1.165) is 6.54 Å². The minimum Gasteiger partial charge on any atom is -0.361 e. The molecule has 2 nitrogen and oxygen atoms in total. The summed E-state index contributed by atoms with van der Waals surface area (Å²) in [6.07, 6.45) is 3.20. The number of aromatic nitrogens is 1. The lowest BCUT2D eigenvalue weighted by Gasteiger charge is -2.26. The van der Waals surface area contributed by atoms with Crippen molar-refractivity contribution in [2.45, 2.75) is 23.9 Å². The lowest BCUT2D eigenvalue weighted by Crippen LogP contribution is -2.24. The molecule has 0 saturated heterocycles. The largest absolute Gasteiger partial charge is 0.361 e. The summed E-state index contributed by atoms with van der Waals surface area (Å²) < 4.78 is 0. The van der Waals surface area contributed by atoms with Crippen molar-refractivity contribution in [3.8, 4) is 0 Å². The van der Waals surface area contributed by atoms with E-state index in [1.807, 2.05) is 18.0 Å². The van der Waals surface area contributed by atoms with Crippen LogP contribution in [0.4, 0.5) is 0 Å². The molecule has 0 spiro atoms. The molecular weight excluding hydrogens is 276 g/mol. The Morgan fingerprint density at radius 3 is 3.10 bits per heavy atom. The molecule has 2 aromatic carbocycles. The number of nitrogens with one attached hydrogen (secondary N) is 2. The zero-order chi connectivity index (χ0) is 14.1. The maximum absolute atomic E-state index is 3.72. The van der Waals surface area contributed by atoms with Crippen LogP contribution in [0.15, 0.2) is 59.6 Å². The first kappa shape index (κ1) is 13.0. The van der Waals surface area contributed by atoms with E-state index in [1.54, 1.807) is 0 Å². The zero-order valence-electron chi connectivity index (χ0n) is 11.8. The minimum atomic E-state index is 0.474. The lowest BCUT2D eigenvalue weighted by molar-refractivity contribution is 0.510. The van der Waals surface area contributed by atoms with Crippen LogP contribution >= 0.6 is 11.8 Å². The van der Waals surface area contributed by atoms with Gasteiger partial charge in [-0.25, -0.2) is 0 Å². The van der Waals surface area contributed by atoms with Crippen molar-refractivity contribution in [1.29, 1.82) is 0 Å². The Bertz CT molecular complexity index is 763. The van der Waals surface area contributed by atoms with Crippen molar-refractivity contribution in [2.75, 3.05) is 5.75 Å². The van der Waals surface area contributed by atoms with Crippen LogP contribution in [0.3, 0.4) is 0 Å². The monoisotopic (exact) mass is 294 g/mol. The predicted octanol–water partition coefficient (Wildman–Crippen LogP) is 4.49. The van der Waals surface area contributed by atoms with Gasteiger partial charge >= 0.3 is 0 Å². The normalized spacial score (nSPS) is 17.8. The topological polar surface area (TPSA) is 27.8 Å². The van der Waals surface area contributed by atoms with E-state index in [4.69, 9.17) is 0 Å². The number of benzene rings is 2. The van der Waals surface area contributed by atoms with E-state index in [2.05, 4.69) is 58.8 Å². The van der Waals surface area contributed by atoms with Crippen LogP contribution in [0.1, 0.15) is 23.6 Å². The number of H-pyrrole nitrogens is 1.